The van der Waals surface area contributed by atoms with Crippen LogP contribution in [0.4, 0.5) is 5.69 Å². The molecule has 0 bridgehead atoms. The number of rotatable bonds is 8. The van der Waals surface area contributed by atoms with Gasteiger partial charge in [0.1, 0.15) is 18.5 Å². The van der Waals surface area contributed by atoms with Crippen molar-refractivity contribution >= 4 is 28.2 Å². The number of nitrogens with zero attached hydrogens (tertiary/aromatic N) is 2. The van der Waals surface area contributed by atoms with Gasteiger partial charge in [0.2, 0.25) is 10.9 Å². The van der Waals surface area contributed by atoms with Crippen molar-refractivity contribution in [2.24, 2.45) is 0 Å². The Morgan fingerprint density at radius 3 is 2.60 bits per heavy atom. The van der Waals surface area contributed by atoms with E-state index in [9.17, 15) is 13.5 Å². The van der Waals surface area contributed by atoms with Gasteiger partial charge in [-0.25, -0.2) is 8.42 Å². The number of hydrogen-bond donors (Lipinski definition) is 2. The van der Waals surface area contributed by atoms with Gasteiger partial charge in [0.25, 0.3) is 0 Å². The molecule has 6 nitrogen and oxygen atoms in total. The fraction of sp³-hybridized carbons (Fsp3) is 0.455. The molecule has 0 saturated carbocycles. The molecule has 0 aliphatic carbocycles. The number of β-amino-alcohol motifs (C(OH)–C–C–N with tert-alkyl or cyclic N) is 1. The topological polar surface area (TPSA) is 70.1 Å². The Kier molecular flexibility index (Phi) is 7.29. The van der Waals surface area contributed by atoms with Crippen LogP contribution in [-0.2, 0) is 10.9 Å². The predicted octanol–water partition coefficient (Wildman–Crippen LogP) is 3.31. The number of aliphatic hydroxyl groups excluding tert-OH is 1. The Labute approximate surface area is 185 Å². The molecular weight excluding hydrogens is 424 g/mol. The number of benzene rings is 2. The smallest absolute Gasteiger partial charge is 0.224 e. The molecule has 30 heavy (non-hydrogen) atoms. The first-order valence-electron chi connectivity index (χ1n) is 9.98. The Bertz CT molecular complexity index is 925. The van der Waals surface area contributed by atoms with Crippen LogP contribution >= 0.6 is 11.6 Å². The molecule has 2 unspecified atom stereocenters. The molecule has 0 spiro atoms. The number of likely N-dealkylation sites (tertiary alicyclic amines) is 1. The zero-order chi connectivity index (χ0) is 21.9. The van der Waals surface area contributed by atoms with Crippen LogP contribution in [0.1, 0.15) is 31.7 Å². The molecule has 1 saturated heterocycles. The largest absolute Gasteiger partial charge is 0.491 e. The van der Waals surface area contributed by atoms with Crippen molar-refractivity contribution < 1.29 is 18.3 Å². The lowest BCUT2D eigenvalue weighted by atomic mass is 9.82. The van der Waals surface area contributed by atoms with E-state index in [0.29, 0.717) is 23.9 Å². The Balaban J connectivity index is 1.55. The zero-order valence-corrected chi connectivity index (χ0v) is 19.1. The lowest BCUT2D eigenvalue weighted by molar-refractivity contribution is 0.0433. The highest BCUT2D eigenvalue weighted by atomic mass is 35.5. The van der Waals surface area contributed by atoms with E-state index < -0.39 is 17.0 Å². The third-order valence-electron chi connectivity index (χ3n) is 5.94. The maximum absolute atomic E-state index is 11.0. The highest BCUT2D eigenvalue weighted by molar-refractivity contribution is 7.74. The second-order valence-corrected chi connectivity index (χ2v) is 9.73. The van der Waals surface area contributed by atoms with Crippen LogP contribution in [0, 0.1) is 0 Å². The van der Waals surface area contributed by atoms with Gasteiger partial charge < -0.3 is 9.84 Å². The second kappa shape index (κ2) is 9.56. The molecule has 164 valence electrons. The summed E-state index contributed by atoms with van der Waals surface area (Å²) in [5.74, 6) is 0.936. The van der Waals surface area contributed by atoms with E-state index in [1.165, 1.54) is 16.9 Å². The first kappa shape index (κ1) is 22.9. The van der Waals surface area contributed by atoms with Gasteiger partial charge in [0.15, 0.2) is 0 Å². The van der Waals surface area contributed by atoms with E-state index >= 15 is 0 Å². The minimum atomic E-state index is -2.67. The number of anilines is 1. The molecule has 0 amide bonds. The summed E-state index contributed by atoms with van der Waals surface area (Å²) >= 11 is 6.18. The van der Waals surface area contributed by atoms with Crippen molar-refractivity contribution in [3.05, 3.63) is 59.1 Å². The number of halogens is 1. The summed E-state index contributed by atoms with van der Waals surface area (Å²) in [6, 6.07) is 14.8. The molecule has 2 atom stereocenters. The van der Waals surface area contributed by atoms with E-state index in [1.54, 1.807) is 24.3 Å². The molecule has 1 aliphatic rings. The predicted molar refractivity (Wildman–Crippen MR) is 121 cm³/mol. The molecule has 1 aliphatic heterocycles. The SMILES string of the molecule is CN(c1ccc(OCC(O)CN2CCC(c3cccc(Cl)c3)C2(C)C)cc1)[SH](=O)=O. The average Bonchev–Trinajstić information content (AvgIpc) is 3.00. The van der Waals surface area contributed by atoms with Crippen molar-refractivity contribution in [2.75, 3.05) is 31.0 Å². The standard InChI is InChI=1S/C22H29ClN2O4S/c1-22(2)21(16-5-4-6-17(23)13-16)11-12-25(22)14-19(26)15-29-20-9-7-18(8-10-20)24(3)30(27)28/h4-10,13,19,21,26,30H,11-12,14-15H2,1-3H3. The fourth-order valence-electron chi connectivity index (χ4n) is 4.12. The van der Waals surface area contributed by atoms with Crippen molar-refractivity contribution in [1.82, 2.24) is 4.90 Å². The average molecular weight is 453 g/mol. The van der Waals surface area contributed by atoms with E-state index in [1.807, 2.05) is 18.2 Å². The first-order chi connectivity index (χ1) is 14.2. The van der Waals surface area contributed by atoms with Crippen LogP contribution in [0.3, 0.4) is 0 Å². The molecule has 0 radical (unpaired) electrons. The number of aliphatic hydroxyl groups is 1. The summed E-state index contributed by atoms with van der Waals surface area (Å²) in [7, 11) is -1.18. The Morgan fingerprint density at radius 1 is 1.27 bits per heavy atom. The summed E-state index contributed by atoms with van der Waals surface area (Å²) in [4.78, 5) is 2.30. The Morgan fingerprint density at radius 2 is 1.97 bits per heavy atom. The van der Waals surface area contributed by atoms with Crippen LogP contribution in [0.15, 0.2) is 48.5 Å². The van der Waals surface area contributed by atoms with Gasteiger partial charge in [0, 0.05) is 30.1 Å². The van der Waals surface area contributed by atoms with E-state index in [0.717, 1.165) is 18.0 Å². The van der Waals surface area contributed by atoms with Crippen molar-refractivity contribution in [1.29, 1.82) is 0 Å². The highest BCUT2D eigenvalue weighted by Gasteiger charge is 2.42. The van der Waals surface area contributed by atoms with Crippen molar-refractivity contribution in [3.63, 3.8) is 0 Å². The number of ether oxygens (including phenoxy) is 1. The Hall–Kier alpha value is -1.80. The van der Waals surface area contributed by atoms with Crippen LogP contribution in [0.2, 0.25) is 5.02 Å². The minimum Gasteiger partial charge on any atom is -0.491 e. The quantitative estimate of drug-likeness (QED) is 0.601. The third-order valence-corrected chi connectivity index (χ3v) is 6.89. The molecule has 0 aromatic heterocycles. The van der Waals surface area contributed by atoms with Gasteiger partial charge in [-0.15, -0.1) is 0 Å². The summed E-state index contributed by atoms with van der Waals surface area (Å²) in [5, 5.41) is 11.3. The van der Waals surface area contributed by atoms with Gasteiger partial charge in [-0.3, -0.25) is 9.21 Å². The molecule has 3 rings (SSSR count). The van der Waals surface area contributed by atoms with Crippen LogP contribution in [0.25, 0.3) is 0 Å². The van der Waals surface area contributed by atoms with Crippen LogP contribution < -0.4 is 9.04 Å². The fourth-order valence-corrected chi connectivity index (χ4v) is 4.64. The van der Waals surface area contributed by atoms with Crippen molar-refractivity contribution in [2.45, 2.75) is 37.8 Å². The van der Waals surface area contributed by atoms with E-state index in [-0.39, 0.29) is 12.1 Å². The van der Waals surface area contributed by atoms with Gasteiger partial charge in [-0.2, -0.15) is 0 Å². The molecule has 1 fully saturated rings. The maximum Gasteiger partial charge on any atom is 0.224 e. The third kappa shape index (κ3) is 5.27. The number of hydrogen-bond acceptors (Lipinski definition) is 5. The highest BCUT2D eigenvalue weighted by Crippen LogP contribution is 2.42. The second-order valence-electron chi connectivity index (χ2n) is 8.22. The lowest BCUT2D eigenvalue weighted by Gasteiger charge is -2.37. The maximum atomic E-state index is 11.0. The van der Waals surface area contributed by atoms with E-state index in [2.05, 4.69) is 24.8 Å². The van der Waals surface area contributed by atoms with Crippen molar-refractivity contribution in [3.8, 4) is 5.75 Å². The van der Waals surface area contributed by atoms with Crippen LogP contribution in [0.5, 0.6) is 5.75 Å². The van der Waals surface area contributed by atoms with E-state index in [4.69, 9.17) is 16.3 Å². The summed E-state index contributed by atoms with van der Waals surface area (Å²) in [6.07, 6.45) is 0.374. The van der Waals surface area contributed by atoms with Gasteiger partial charge in [0.05, 0.1) is 5.69 Å². The minimum absolute atomic E-state index is 0.104. The molecule has 1 heterocycles. The summed E-state index contributed by atoms with van der Waals surface area (Å²) in [5.41, 5.74) is 1.68. The normalized spacial score (nSPS) is 19.7. The molecular formula is C22H29ClN2O4S. The molecule has 2 aromatic carbocycles. The van der Waals surface area contributed by atoms with Crippen LogP contribution in [-0.4, -0.2) is 56.8 Å². The first-order valence-corrected chi connectivity index (χ1v) is 11.5. The molecule has 1 N–H and O–H groups in total. The number of thiol groups is 1. The van der Waals surface area contributed by atoms with Gasteiger partial charge >= 0.3 is 0 Å². The summed E-state index contributed by atoms with van der Waals surface area (Å²) in [6.45, 7) is 5.99. The zero-order valence-electron chi connectivity index (χ0n) is 17.5. The van der Waals surface area contributed by atoms with Gasteiger partial charge in [-0.05, 0) is 68.8 Å². The lowest BCUT2D eigenvalue weighted by Crippen LogP contribution is -2.46. The molecule has 8 heteroatoms. The monoisotopic (exact) mass is 452 g/mol. The van der Waals surface area contributed by atoms with Gasteiger partial charge in [-0.1, -0.05) is 23.7 Å². The summed E-state index contributed by atoms with van der Waals surface area (Å²) < 4.78 is 28.9. The molecule has 2 aromatic rings.